The molecule has 3 rings (SSSR count). The topological polar surface area (TPSA) is 66.0 Å². The molecule has 1 N–H and O–H groups in total. The normalized spacial score (nSPS) is 10.7. The fraction of sp³-hybridized carbons (Fsp3) is 0.154. The number of pyridine rings is 1. The Morgan fingerprint density at radius 2 is 2.26 bits per heavy atom. The van der Waals surface area contributed by atoms with Crippen molar-refractivity contribution in [3.05, 3.63) is 52.1 Å². The number of fused-ring (bicyclic) bond motifs is 1. The molecule has 0 unspecified atom stereocenters. The van der Waals surface area contributed by atoms with E-state index in [1.165, 1.54) is 0 Å². The Balaban J connectivity index is 1.65. The van der Waals surface area contributed by atoms with Gasteiger partial charge in [0.25, 0.3) is 0 Å². The van der Waals surface area contributed by atoms with Crippen molar-refractivity contribution < 1.29 is 0 Å². The third kappa shape index (κ3) is 2.47. The maximum atomic E-state index is 8.76. The van der Waals surface area contributed by atoms with Crippen LogP contribution in [0.3, 0.4) is 0 Å². The highest BCUT2D eigenvalue weighted by atomic mass is 32.1. The van der Waals surface area contributed by atoms with E-state index in [9.17, 15) is 0 Å². The molecule has 0 fully saturated rings. The number of rotatable bonds is 4. The number of nitrogens with one attached hydrogen (secondary N) is 1. The van der Waals surface area contributed by atoms with Gasteiger partial charge in [-0.05, 0) is 18.2 Å². The van der Waals surface area contributed by atoms with Gasteiger partial charge in [-0.1, -0.05) is 6.07 Å². The van der Waals surface area contributed by atoms with Gasteiger partial charge in [-0.25, -0.2) is 0 Å². The molecule has 3 aromatic rings. The van der Waals surface area contributed by atoms with Crippen LogP contribution < -0.4 is 5.32 Å². The van der Waals surface area contributed by atoms with E-state index in [2.05, 4.69) is 21.6 Å². The summed E-state index contributed by atoms with van der Waals surface area (Å²) in [7, 11) is 0. The summed E-state index contributed by atoms with van der Waals surface area (Å²) in [6.45, 7) is 1.37. The lowest BCUT2D eigenvalue weighted by atomic mass is 10.3. The van der Waals surface area contributed by atoms with Crippen LogP contribution in [0.25, 0.3) is 5.65 Å². The molecular formula is C13H11N5S. The third-order valence-electron chi connectivity index (χ3n) is 2.75. The zero-order chi connectivity index (χ0) is 13.1. The molecular weight excluding hydrogens is 258 g/mol. The summed E-state index contributed by atoms with van der Waals surface area (Å²) in [5.41, 5.74) is 1.57. The molecule has 0 aliphatic heterocycles. The molecule has 5 nitrogen and oxygen atoms in total. The van der Waals surface area contributed by atoms with Crippen LogP contribution in [0.15, 0.2) is 35.8 Å². The minimum absolute atomic E-state index is 0.644. The average molecular weight is 269 g/mol. The van der Waals surface area contributed by atoms with Crippen LogP contribution >= 0.6 is 11.3 Å². The number of nitrogens with zero attached hydrogens (tertiary/aromatic N) is 4. The van der Waals surface area contributed by atoms with E-state index in [4.69, 9.17) is 5.26 Å². The second-order valence-corrected chi connectivity index (χ2v) is 5.06. The zero-order valence-electron chi connectivity index (χ0n) is 10.1. The van der Waals surface area contributed by atoms with Crippen LogP contribution in [0.5, 0.6) is 0 Å². The maximum absolute atomic E-state index is 8.76. The van der Waals surface area contributed by atoms with Crippen LogP contribution in [0.2, 0.25) is 0 Å². The summed E-state index contributed by atoms with van der Waals surface area (Å²) in [5, 5.41) is 22.2. The Kier molecular flexibility index (Phi) is 3.23. The molecule has 0 saturated heterocycles. The second-order valence-electron chi connectivity index (χ2n) is 4.06. The Bertz CT molecular complexity index is 737. The van der Waals surface area contributed by atoms with Gasteiger partial charge in [-0.15, -0.1) is 21.5 Å². The average Bonchev–Trinajstić information content (AvgIpc) is 3.06. The van der Waals surface area contributed by atoms with E-state index in [-0.39, 0.29) is 0 Å². The number of hydrogen-bond acceptors (Lipinski definition) is 5. The van der Waals surface area contributed by atoms with Crippen LogP contribution in [0, 0.1) is 11.3 Å². The molecule has 0 aliphatic rings. The Hall–Kier alpha value is -2.23. The molecule has 3 aromatic heterocycles. The van der Waals surface area contributed by atoms with Gasteiger partial charge in [0.2, 0.25) is 0 Å². The lowest BCUT2D eigenvalue weighted by Gasteiger charge is -2.01. The largest absolute Gasteiger partial charge is 0.305 e. The number of nitriles is 1. The molecule has 0 radical (unpaired) electrons. The minimum Gasteiger partial charge on any atom is -0.305 e. The van der Waals surface area contributed by atoms with Crippen molar-refractivity contribution in [2.75, 3.05) is 0 Å². The smallest absolute Gasteiger partial charge is 0.160 e. The van der Waals surface area contributed by atoms with E-state index >= 15 is 0 Å². The Morgan fingerprint density at radius 3 is 3.11 bits per heavy atom. The van der Waals surface area contributed by atoms with Gasteiger partial charge in [0.05, 0.1) is 12.1 Å². The molecule has 94 valence electrons. The highest BCUT2D eigenvalue weighted by Gasteiger charge is 2.04. The lowest BCUT2D eigenvalue weighted by molar-refractivity contribution is 0.662. The van der Waals surface area contributed by atoms with Crippen molar-refractivity contribution in [1.82, 2.24) is 19.9 Å². The monoisotopic (exact) mass is 269 g/mol. The van der Waals surface area contributed by atoms with Crippen molar-refractivity contribution in [2.24, 2.45) is 0 Å². The van der Waals surface area contributed by atoms with Gasteiger partial charge in [-0.3, -0.25) is 4.40 Å². The SMILES string of the molecule is N#Cc1csc(CNCc2nnc3ccccn23)c1. The van der Waals surface area contributed by atoms with Crippen LogP contribution in [0.4, 0.5) is 0 Å². The molecule has 19 heavy (non-hydrogen) atoms. The molecule has 3 heterocycles. The summed E-state index contributed by atoms with van der Waals surface area (Å²) < 4.78 is 1.96. The van der Waals surface area contributed by atoms with E-state index in [1.807, 2.05) is 40.2 Å². The van der Waals surface area contributed by atoms with E-state index in [0.29, 0.717) is 6.54 Å². The van der Waals surface area contributed by atoms with Crippen LogP contribution in [0.1, 0.15) is 16.3 Å². The predicted molar refractivity (Wildman–Crippen MR) is 72.6 cm³/mol. The molecule has 6 heteroatoms. The first-order chi connectivity index (χ1) is 9.36. The van der Waals surface area contributed by atoms with Crippen molar-refractivity contribution in [2.45, 2.75) is 13.1 Å². The summed E-state index contributed by atoms with van der Waals surface area (Å²) in [5.74, 6) is 0.882. The Labute approximate surface area is 114 Å². The first-order valence-electron chi connectivity index (χ1n) is 5.83. The number of hydrogen-bond donors (Lipinski definition) is 1. The lowest BCUT2D eigenvalue weighted by Crippen LogP contribution is -2.14. The molecule has 0 bridgehead atoms. The van der Waals surface area contributed by atoms with Gasteiger partial charge in [-0.2, -0.15) is 5.26 Å². The first-order valence-corrected chi connectivity index (χ1v) is 6.71. The van der Waals surface area contributed by atoms with Crippen molar-refractivity contribution in [3.8, 4) is 6.07 Å². The summed E-state index contributed by atoms with van der Waals surface area (Å²) in [4.78, 5) is 1.14. The molecule has 0 amide bonds. The van der Waals surface area contributed by atoms with Crippen molar-refractivity contribution >= 4 is 17.0 Å². The standard InChI is InChI=1S/C13H11N5S/c14-6-10-5-11(19-9-10)7-15-8-13-17-16-12-3-1-2-4-18(12)13/h1-5,9,15H,7-8H2. The Morgan fingerprint density at radius 1 is 1.32 bits per heavy atom. The minimum atomic E-state index is 0.644. The van der Waals surface area contributed by atoms with Gasteiger partial charge in [0.15, 0.2) is 11.5 Å². The number of thiophene rings is 1. The molecule has 0 aliphatic carbocycles. The third-order valence-corrected chi connectivity index (χ3v) is 3.69. The number of aromatic nitrogens is 3. The summed E-state index contributed by atoms with van der Waals surface area (Å²) >= 11 is 1.59. The van der Waals surface area contributed by atoms with Crippen molar-refractivity contribution in [1.29, 1.82) is 5.26 Å². The fourth-order valence-corrected chi connectivity index (χ4v) is 2.62. The van der Waals surface area contributed by atoms with E-state index in [1.54, 1.807) is 11.3 Å². The van der Waals surface area contributed by atoms with Gasteiger partial charge >= 0.3 is 0 Å². The van der Waals surface area contributed by atoms with Gasteiger partial charge in [0.1, 0.15) is 6.07 Å². The summed E-state index contributed by atoms with van der Waals surface area (Å²) in [6, 6.07) is 9.86. The maximum Gasteiger partial charge on any atom is 0.160 e. The van der Waals surface area contributed by atoms with Crippen LogP contribution in [-0.2, 0) is 13.1 Å². The highest BCUT2D eigenvalue weighted by Crippen LogP contribution is 2.13. The predicted octanol–water partition coefficient (Wildman–Crippen LogP) is 1.95. The van der Waals surface area contributed by atoms with Crippen LogP contribution in [-0.4, -0.2) is 14.6 Å². The molecule has 0 saturated carbocycles. The van der Waals surface area contributed by atoms with Gasteiger partial charge in [0, 0.05) is 23.0 Å². The summed E-state index contributed by atoms with van der Waals surface area (Å²) in [6.07, 6.45) is 1.95. The molecule has 0 spiro atoms. The van der Waals surface area contributed by atoms with E-state index in [0.717, 1.165) is 28.5 Å². The molecule has 0 atom stereocenters. The van der Waals surface area contributed by atoms with Gasteiger partial charge < -0.3 is 5.32 Å². The highest BCUT2D eigenvalue weighted by molar-refractivity contribution is 7.10. The second kappa shape index (κ2) is 5.18. The quantitative estimate of drug-likeness (QED) is 0.786. The van der Waals surface area contributed by atoms with E-state index < -0.39 is 0 Å². The molecule has 0 aromatic carbocycles. The first kappa shape index (κ1) is 11.8. The fourth-order valence-electron chi connectivity index (χ4n) is 1.84. The zero-order valence-corrected chi connectivity index (χ0v) is 10.9. The van der Waals surface area contributed by atoms with Crippen molar-refractivity contribution in [3.63, 3.8) is 0 Å².